The molecule has 0 unspecified atom stereocenters. The molecule has 1 aromatic carbocycles. The number of esters is 1. The molecule has 0 spiro atoms. The Morgan fingerprint density at radius 3 is 2.67 bits per heavy atom. The molecule has 0 aliphatic rings. The van der Waals surface area contributed by atoms with Gasteiger partial charge in [-0.05, 0) is 34.5 Å². The molecule has 0 atom stereocenters. The van der Waals surface area contributed by atoms with Gasteiger partial charge in [0.1, 0.15) is 0 Å². The molecule has 0 saturated carbocycles. The van der Waals surface area contributed by atoms with Gasteiger partial charge in [-0.2, -0.15) is 0 Å². The van der Waals surface area contributed by atoms with Crippen molar-refractivity contribution in [1.82, 2.24) is 0 Å². The van der Waals surface area contributed by atoms with Gasteiger partial charge in [0.25, 0.3) is 0 Å². The number of benzene rings is 1. The van der Waals surface area contributed by atoms with Crippen LogP contribution in [0.25, 0.3) is 0 Å². The normalized spacial score (nSPS) is 10.2. The van der Waals surface area contributed by atoms with Crippen LogP contribution in [-0.2, 0) is 4.74 Å². The molecule has 18 heavy (non-hydrogen) atoms. The smallest absolute Gasteiger partial charge is 0.340 e. The first-order chi connectivity index (χ1) is 8.60. The van der Waals surface area contributed by atoms with E-state index < -0.39 is 0 Å². The zero-order chi connectivity index (χ0) is 13.5. The molecule has 3 nitrogen and oxygen atoms in total. The van der Waals surface area contributed by atoms with E-state index >= 15 is 0 Å². The number of anilines is 1. The first-order valence-electron chi connectivity index (χ1n) is 5.91. The highest BCUT2D eigenvalue weighted by atomic mass is 79.9. The van der Waals surface area contributed by atoms with Gasteiger partial charge in [0.05, 0.1) is 18.4 Å². The van der Waals surface area contributed by atoms with Crippen LogP contribution in [0, 0.1) is 0 Å². The molecule has 1 aromatic rings. The lowest BCUT2D eigenvalue weighted by Gasteiger charge is -2.13. The van der Waals surface area contributed by atoms with Gasteiger partial charge < -0.3 is 10.1 Å². The van der Waals surface area contributed by atoms with Crippen LogP contribution in [0.4, 0.5) is 5.69 Å². The van der Waals surface area contributed by atoms with Crippen LogP contribution in [-0.4, -0.2) is 19.6 Å². The van der Waals surface area contributed by atoms with E-state index in [2.05, 4.69) is 44.1 Å². The highest BCUT2D eigenvalue weighted by Crippen LogP contribution is 2.31. The van der Waals surface area contributed by atoms with Gasteiger partial charge in [0.2, 0.25) is 0 Å². The van der Waals surface area contributed by atoms with Gasteiger partial charge in [0.15, 0.2) is 0 Å². The molecule has 0 heterocycles. The third-order valence-corrected chi connectivity index (χ3v) is 3.63. The van der Waals surface area contributed by atoms with E-state index in [4.69, 9.17) is 4.74 Å². The van der Waals surface area contributed by atoms with Gasteiger partial charge in [0, 0.05) is 15.5 Å². The number of carbonyl (C=O) groups excluding carboxylic acids is 1. The summed E-state index contributed by atoms with van der Waals surface area (Å²) in [5.74, 6) is -0.338. The Morgan fingerprint density at radius 1 is 1.33 bits per heavy atom. The number of nitrogens with one attached hydrogen (secondary N) is 1. The highest BCUT2D eigenvalue weighted by molar-refractivity contribution is 9.11. The van der Waals surface area contributed by atoms with Crippen molar-refractivity contribution < 1.29 is 9.53 Å². The summed E-state index contributed by atoms with van der Waals surface area (Å²) < 4.78 is 6.49. The highest BCUT2D eigenvalue weighted by Gasteiger charge is 2.15. The number of unbranched alkanes of at least 4 members (excludes halogenated alkanes) is 2. The number of hydrogen-bond acceptors (Lipinski definition) is 3. The molecule has 0 bridgehead atoms. The van der Waals surface area contributed by atoms with Crippen molar-refractivity contribution >= 4 is 43.5 Å². The summed E-state index contributed by atoms with van der Waals surface area (Å²) in [7, 11) is 1.39. The predicted molar refractivity (Wildman–Crippen MR) is 81.2 cm³/mol. The van der Waals surface area contributed by atoms with Crippen LogP contribution in [0.5, 0.6) is 0 Å². The number of rotatable bonds is 6. The summed E-state index contributed by atoms with van der Waals surface area (Å²) in [5.41, 5.74) is 1.33. The fraction of sp³-hybridized carbons (Fsp3) is 0.462. The molecule has 0 amide bonds. The Kier molecular flexibility index (Phi) is 6.71. The van der Waals surface area contributed by atoms with Gasteiger partial charge >= 0.3 is 5.97 Å². The molecular formula is C13H17Br2NO2. The number of methoxy groups -OCH3 is 1. The Bertz CT molecular complexity index is 422. The number of carbonyl (C=O) groups is 1. The summed E-state index contributed by atoms with van der Waals surface area (Å²) in [6.07, 6.45) is 3.43. The first-order valence-corrected chi connectivity index (χ1v) is 7.50. The summed E-state index contributed by atoms with van der Waals surface area (Å²) in [4.78, 5) is 11.7. The first kappa shape index (κ1) is 15.5. The molecular weight excluding hydrogens is 362 g/mol. The minimum atomic E-state index is -0.338. The van der Waals surface area contributed by atoms with Crippen molar-refractivity contribution in [3.8, 4) is 0 Å². The van der Waals surface area contributed by atoms with Crippen LogP contribution in [0.1, 0.15) is 36.5 Å². The maximum absolute atomic E-state index is 11.7. The van der Waals surface area contributed by atoms with Crippen molar-refractivity contribution in [3.05, 3.63) is 26.6 Å². The second kappa shape index (κ2) is 7.79. The van der Waals surface area contributed by atoms with Gasteiger partial charge in [-0.1, -0.05) is 35.7 Å². The molecule has 100 valence electrons. The van der Waals surface area contributed by atoms with Gasteiger partial charge in [-0.3, -0.25) is 0 Å². The molecule has 0 fully saturated rings. The quantitative estimate of drug-likeness (QED) is 0.580. The number of ether oxygens (including phenoxy) is 1. The van der Waals surface area contributed by atoms with Gasteiger partial charge in [-0.25, -0.2) is 4.79 Å². The summed E-state index contributed by atoms with van der Waals surface area (Å²) in [6, 6.07) is 3.67. The maximum Gasteiger partial charge on any atom is 0.340 e. The van der Waals surface area contributed by atoms with Crippen LogP contribution in [0.15, 0.2) is 21.1 Å². The predicted octanol–water partition coefficient (Wildman–Crippen LogP) is 4.60. The van der Waals surface area contributed by atoms with Crippen molar-refractivity contribution in [1.29, 1.82) is 0 Å². The molecule has 1 N–H and O–H groups in total. The van der Waals surface area contributed by atoms with Crippen molar-refractivity contribution in [2.45, 2.75) is 26.2 Å². The third kappa shape index (κ3) is 4.28. The molecule has 0 radical (unpaired) electrons. The average Bonchev–Trinajstić information content (AvgIpc) is 2.35. The van der Waals surface area contributed by atoms with E-state index in [1.807, 2.05) is 6.07 Å². The topological polar surface area (TPSA) is 38.3 Å². The molecule has 0 aliphatic carbocycles. The van der Waals surface area contributed by atoms with Crippen molar-refractivity contribution in [2.24, 2.45) is 0 Å². The van der Waals surface area contributed by atoms with Crippen LogP contribution < -0.4 is 5.32 Å². The summed E-state index contributed by atoms with van der Waals surface area (Å²) in [5, 5.41) is 3.29. The number of hydrogen-bond donors (Lipinski definition) is 1. The largest absolute Gasteiger partial charge is 0.465 e. The maximum atomic E-state index is 11.7. The van der Waals surface area contributed by atoms with E-state index in [-0.39, 0.29) is 5.97 Å². The molecule has 5 heteroatoms. The Balaban J connectivity index is 2.90. The Morgan fingerprint density at radius 2 is 2.06 bits per heavy atom. The van der Waals surface area contributed by atoms with E-state index in [1.165, 1.54) is 20.0 Å². The standard InChI is InChI=1S/C13H17Br2NO2/c1-3-4-5-6-16-12-10(13(17)18-2)7-9(14)8-11(12)15/h7-8,16H,3-6H2,1-2H3. The second-order valence-corrected chi connectivity index (χ2v) is 5.71. The minimum absolute atomic E-state index is 0.338. The lowest BCUT2D eigenvalue weighted by molar-refractivity contribution is 0.0601. The van der Waals surface area contributed by atoms with Gasteiger partial charge in [-0.15, -0.1) is 0 Å². The van der Waals surface area contributed by atoms with Crippen LogP contribution >= 0.6 is 31.9 Å². The summed E-state index contributed by atoms with van der Waals surface area (Å²) in [6.45, 7) is 3.01. The van der Waals surface area contributed by atoms with Crippen LogP contribution in [0.3, 0.4) is 0 Å². The third-order valence-electron chi connectivity index (χ3n) is 2.54. The lowest BCUT2D eigenvalue weighted by Crippen LogP contribution is -2.10. The van der Waals surface area contributed by atoms with Crippen molar-refractivity contribution in [2.75, 3.05) is 19.0 Å². The fourth-order valence-electron chi connectivity index (χ4n) is 1.61. The molecule has 0 aliphatic heterocycles. The summed E-state index contributed by atoms with van der Waals surface area (Å²) >= 11 is 6.84. The Hall–Kier alpha value is -0.550. The second-order valence-electron chi connectivity index (χ2n) is 3.94. The fourth-order valence-corrected chi connectivity index (χ4v) is 2.98. The van der Waals surface area contributed by atoms with E-state index in [0.717, 1.165) is 27.6 Å². The zero-order valence-corrected chi connectivity index (χ0v) is 13.7. The number of halogens is 2. The molecule has 0 saturated heterocycles. The van der Waals surface area contributed by atoms with Crippen LogP contribution in [0.2, 0.25) is 0 Å². The molecule has 1 rings (SSSR count). The monoisotopic (exact) mass is 377 g/mol. The average molecular weight is 379 g/mol. The zero-order valence-electron chi connectivity index (χ0n) is 10.6. The van der Waals surface area contributed by atoms with E-state index in [0.29, 0.717) is 5.56 Å². The SMILES string of the molecule is CCCCCNc1c(Br)cc(Br)cc1C(=O)OC. The Labute approximate surface area is 125 Å². The van der Waals surface area contributed by atoms with E-state index in [9.17, 15) is 4.79 Å². The van der Waals surface area contributed by atoms with E-state index in [1.54, 1.807) is 6.07 Å². The van der Waals surface area contributed by atoms with Crippen molar-refractivity contribution in [3.63, 3.8) is 0 Å². The lowest BCUT2D eigenvalue weighted by atomic mass is 10.1. The minimum Gasteiger partial charge on any atom is -0.465 e. The molecule has 0 aromatic heterocycles.